The Balaban J connectivity index is 2.08. The largest absolute Gasteiger partial charge is 0.337 e. The van der Waals surface area contributed by atoms with Crippen LogP contribution in [0.5, 0.6) is 0 Å². The Labute approximate surface area is 108 Å². The molecule has 0 saturated carbocycles. The lowest BCUT2D eigenvalue weighted by atomic mass is 10.2. The fourth-order valence-electron chi connectivity index (χ4n) is 1.28. The third kappa shape index (κ3) is 2.91. The Morgan fingerprint density at radius 1 is 1.41 bits per heavy atom. The van der Waals surface area contributed by atoms with Crippen molar-refractivity contribution in [3.63, 3.8) is 0 Å². The lowest BCUT2D eigenvalue weighted by Crippen LogP contribution is -2.01. The van der Waals surface area contributed by atoms with Crippen molar-refractivity contribution < 1.29 is 4.52 Å². The zero-order valence-corrected chi connectivity index (χ0v) is 11.5. The van der Waals surface area contributed by atoms with Crippen LogP contribution in [0.15, 0.2) is 10.7 Å². The molecular weight excluding hydrogens is 286 g/mol. The summed E-state index contributed by atoms with van der Waals surface area (Å²) >= 11 is 3.44. The van der Waals surface area contributed by atoms with Crippen LogP contribution in [-0.2, 0) is 6.54 Å². The smallest absolute Gasteiger partial charge is 0.248 e. The normalized spacial score (nSPS) is 13.2. The van der Waals surface area contributed by atoms with E-state index >= 15 is 0 Å². The average Bonchev–Trinajstić information content (AvgIpc) is 2.87. The van der Waals surface area contributed by atoms with Crippen LogP contribution < -0.4 is 0 Å². The van der Waals surface area contributed by atoms with Crippen molar-refractivity contribution in [3.05, 3.63) is 23.6 Å². The van der Waals surface area contributed by atoms with Gasteiger partial charge in [0.2, 0.25) is 5.89 Å². The summed E-state index contributed by atoms with van der Waals surface area (Å²) in [6.07, 6.45) is 1.86. The highest BCUT2D eigenvalue weighted by Crippen LogP contribution is 2.18. The molecule has 0 N–H and O–H groups in total. The molecule has 2 aromatic rings. The maximum Gasteiger partial charge on any atom is 0.248 e. The fraction of sp³-hybridized carbons (Fsp3) is 0.600. The highest BCUT2D eigenvalue weighted by molar-refractivity contribution is 9.09. The van der Waals surface area contributed by atoms with Crippen molar-refractivity contribution in [2.24, 2.45) is 0 Å². The SMILES string of the molecule is CC(C)c1noc(Cn2cc(C(C)Br)nn2)n1. The number of rotatable bonds is 4. The summed E-state index contributed by atoms with van der Waals surface area (Å²) in [6, 6.07) is 0. The van der Waals surface area contributed by atoms with Gasteiger partial charge >= 0.3 is 0 Å². The van der Waals surface area contributed by atoms with Gasteiger partial charge in [-0.1, -0.05) is 40.1 Å². The number of hydrogen-bond acceptors (Lipinski definition) is 5. The molecule has 6 nitrogen and oxygen atoms in total. The van der Waals surface area contributed by atoms with Crippen LogP contribution in [0.3, 0.4) is 0 Å². The first-order chi connectivity index (χ1) is 8.06. The molecule has 0 aromatic carbocycles. The van der Waals surface area contributed by atoms with E-state index in [1.165, 1.54) is 0 Å². The van der Waals surface area contributed by atoms with E-state index in [1.54, 1.807) is 4.68 Å². The third-order valence-electron chi connectivity index (χ3n) is 2.26. The second-order valence-corrected chi connectivity index (χ2v) is 5.53. The van der Waals surface area contributed by atoms with E-state index in [4.69, 9.17) is 4.52 Å². The number of halogens is 1. The summed E-state index contributed by atoms with van der Waals surface area (Å²) in [6.45, 7) is 6.49. The van der Waals surface area contributed by atoms with Crippen LogP contribution in [0.2, 0.25) is 0 Å². The molecule has 0 saturated heterocycles. The van der Waals surface area contributed by atoms with Gasteiger partial charge in [0.15, 0.2) is 5.82 Å². The molecule has 0 aliphatic rings. The summed E-state index contributed by atoms with van der Waals surface area (Å²) in [5, 5.41) is 11.9. The van der Waals surface area contributed by atoms with Crippen molar-refractivity contribution in [2.45, 2.75) is 38.1 Å². The minimum absolute atomic E-state index is 0.185. The van der Waals surface area contributed by atoms with Crippen molar-refractivity contribution in [2.75, 3.05) is 0 Å². The predicted octanol–water partition coefficient (Wildman–Crippen LogP) is 2.29. The Bertz CT molecular complexity index is 446. The molecular formula is C10H14BrN5O. The van der Waals surface area contributed by atoms with E-state index in [2.05, 4.69) is 36.4 Å². The molecule has 2 rings (SSSR count). The summed E-state index contributed by atoms with van der Waals surface area (Å²) in [4.78, 5) is 4.47. The molecule has 0 aliphatic heterocycles. The Kier molecular flexibility index (Phi) is 3.56. The number of alkyl halides is 1. The summed E-state index contributed by atoms with van der Waals surface area (Å²) in [7, 11) is 0. The van der Waals surface area contributed by atoms with Gasteiger partial charge < -0.3 is 4.52 Å². The molecule has 0 spiro atoms. The molecule has 2 heterocycles. The van der Waals surface area contributed by atoms with Crippen LogP contribution in [0.1, 0.15) is 48.9 Å². The van der Waals surface area contributed by atoms with Crippen LogP contribution in [-0.4, -0.2) is 25.1 Å². The maximum atomic E-state index is 5.14. The molecule has 0 radical (unpaired) electrons. The summed E-state index contributed by atoms with van der Waals surface area (Å²) in [5.41, 5.74) is 0.883. The monoisotopic (exact) mass is 299 g/mol. The van der Waals surface area contributed by atoms with Gasteiger partial charge in [0.1, 0.15) is 6.54 Å². The van der Waals surface area contributed by atoms with E-state index < -0.39 is 0 Å². The van der Waals surface area contributed by atoms with E-state index in [0.29, 0.717) is 18.3 Å². The maximum absolute atomic E-state index is 5.14. The number of hydrogen-bond donors (Lipinski definition) is 0. The van der Waals surface area contributed by atoms with E-state index in [9.17, 15) is 0 Å². The molecule has 0 aliphatic carbocycles. The van der Waals surface area contributed by atoms with E-state index in [1.807, 2.05) is 27.0 Å². The first kappa shape index (κ1) is 12.2. The molecule has 92 valence electrons. The fourth-order valence-corrected chi connectivity index (χ4v) is 1.49. The second kappa shape index (κ2) is 4.95. The Morgan fingerprint density at radius 2 is 2.18 bits per heavy atom. The molecule has 2 aromatic heterocycles. The topological polar surface area (TPSA) is 69.6 Å². The van der Waals surface area contributed by atoms with Gasteiger partial charge in [0.05, 0.1) is 16.7 Å². The first-order valence-electron chi connectivity index (χ1n) is 5.43. The zero-order chi connectivity index (χ0) is 12.4. The molecule has 1 atom stereocenters. The molecule has 0 amide bonds. The average molecular weight is 300 g/mol. The Morgan fingerprint density at radius 3 is 2.71 bits per heavy atom. The zero-order valence-electron chi connectivity index (χ0n) is 9.96. The van der Waals surface area contributed by atoms with Crippen LogP contribution >= 0.6 is 15.9 Å². The summed E-state index contributed by atoms with van der Waals surface area (Å²) in [5.74, 6) is 1.53. The number of aromatic nitrogens is 5. The van der Waals surface area contributed by atoms with E-state index in [0.717, 1.165) is 5.69 Å². The first-order valence-corrected chi connectivity index (χ1v) is 6.34. The van der Waals surface area contributed by atoms with Gasteiger partial charge in [-0.25, -0.2) is 4.68 Å². The quantitative estimate of drug-likeness (QED) is 0.810. The minimum atomic E-state index is 0.185. The van der Waals surface area contributed by atoms with Gasteiger partial charge in [-0.2, -0.15) is 4.98 Å². The molecule has 0 bridgehead atoms. The second-order valence-electron chi connectivity index (χ2n) is 4.16. The summed E-state index contributed by atoms with van der Waals surface area (Å²) < 4.78 is 6.82. The van der Waals surface area contributed by atoms with Crippen molar-refractivity contribution in [1.29, 1.82) is 0 Å². The molecule has 7 heteroatoms. The van der Waals surface area contributed by atoms with Crippen molar-refractivity contribution >= 4 is 15.9 Å². The van der Waals surface area contributed by atoms with Crippen LogP contribution in [0.25, 0.3) is 0 Å². The highest BCUT2D eigenvalue weighted by Gasteiger charge is 2.12. The standard InChI is InChI=1S/C10H14BrN5O/c1-6(2)10-12-9(17-14-10)5-16-4-8(7(3)11)13-15-16/h4,6-7H,5H2,1-3H3. The van der Waals surface area contributed by atoms with E-state index in [-0.39, 0.29) is 10.7 Å². The van der Waals surface area contributed by atoms with Crippen molar-refractivity contribution in [3.8, 4) is 0 Å². The van der Waals surface area contributed by atoms with Gasteiger partial charge in [-0.15, -0.1) is 5.10 Å². The lowest BCUT2D eigenvalue weighted by molar-refractivity contribution is 0.358. The number of nitrogens with zero attached hydrogens (tertiary/aromatic N) is 5. The highest BCUT2D eigenvalue weighted by atomic mass is 79.9. The van der Waals surface area contributed by atoms with Crippen molar-refractivity contribution in [1.82, 2.24) is 25.1 Å². The predicted molar refractivity (Wildman–Crippen MR) is 64.9 cm³/mol. The van der Waals surface area contributed by atoms with Gasteiger partial charge in [-0.05, 0) is 6.92 Å². The molecule has 17 heavy (non-hydrogen) atoms. The van der Waals surface area contributed by atoms with Gasteiger partial charge in [0, 0.05) is 5.92 Å². The van der Waals surface area contributed by atoms with Crippen LogP contribution in [0.4, 0.5) is 0 Å². The Hall–Kier alpha value is -1.24. The molecule has 0 fully saturated rings. The van der Waals surface area contributed by atoms with Crippen LogP contribution in [0, 0.1) is 0 Å². The van der Waals surface area contributed by atoms with Gasteiger partial charge in [-0.3, -0.25) is 0 Å². The minimum Gasteiger partial charge on any atom is -0.337 e. The third-order valence-corrected chi connectivity index (χ3v) is 2.73. The molecule has 1 unspecified atom stereocenters. The lowest BCUT2D eigenvalue weighted by Gasteiger charge is -1.94. The van der Waals surface area contributed by atoms with Gasteiger partial charge in [0.25, 0.3) is 0 Å².